The lowest BCUT2D eigenvalue weighted by atomic mass is 10.00. The number of pyridine rings is 4. The van der Waals surface area contributed by atoms with Crippen molar-refractivity contribution in [3.8, 4) is 50.8 Å². The van der Waals surface area contributed by atoms with Crippen molar-refractivity contribution >= 4 is 91.7 Å². The van der Waals surface area contributed by atoms with Gasteiger partial charge in [-0.3, -0.25) is 38.4 Å². The van der Waals surface area contributed by atoms with Crippen molar-refractivity contribution < 1.29 is 92.7 Å². The average Bonchev–Trinajstić information content (AvgIpc) is 1.63. The van der Waals surface area contributed by atoms with E-state index >= 15 is 0 Å². The molecule has 5 aliphatic rings. The molecule has 6 atom stereocenters. The molecule has 8 amide bonds. The molecule has 0 radical (unpaired) electrons. The second-order valence-corrected chi connectivity index (χ2v) is 39.2. The number of aliphatic hydroxyl groups is 1. The molecular weight excluding hydrogens is 1850 g/mol. The van der Waals surface area contributed by atoms with Crippen LogP contribution >= 0.6 is 0 Å². The smallest absolute Gasteiger partial charge is 0.292 e. The van der Waals surface area contributed by atoms with E-state index in [4.69, 9.17) is 41.6 Å². The van der Waals surface area contributed by atoms with Crippen LogP contribution in [0.3, 0.4) is 0 Å². The fourth-order valence-corrected chi connectivity index (χ4v) is 18.8. The Kier molecular flexibility index (Phi) is 30.9. The molecule has 752 valence electrons. The molecule has 14 aromatic rings. The Labute approximate surface area is 831 Å². The molecule has 19 rings (SSSR count). The Morgan fingerprint density at radius 3 is 0.993 bits per heavy atom. The van der Waals surface area contributed by atoms with Crippen LogP contribution in [0.25, 0.3) is 89.4 Å². The van der Waals surface area contributed by atoms with Crippen LogP contribution in [-0.2, 0) is 19.1 Å². The van der Waals surface area contributed by atoms with Gasteiger partial charge in [0.25, 0.3) is 47.3 Å². The lowest BCUT2D eigenvalue weighted by molar-refractivity contribution is -0.152. The summed E-state index contributed by atoms with van der Waals surface area (Å²) in [6.45, 7) is 33.9. The van der Waals surface area contributed by atoms with E-state index in [1.54, 1.807) is 114 Å². The number of fused-ring (bicyclic) bond motifs is 4. The van der Waals surface area contributed by atoms with Gasteiger partial charge in [-0.05, 0) is 225 Å². The highest BCUT2D eigenvalue weighted by Gasteiger charge is 2.42. The number of piperazine rings is 4. The van der Waals surface area contributed by atoms with E-state index in [-0.39, 0.29) is 153 Å². The molecule has 9 aromatic heterocycles. The lowest BCUT2D eigenvalue weighted by Crippen LogP contribution is -2.59. The first-order valence-electron chi connectivity index (χ1n) is 49.0. The standard InChI is InChI=1S/C31H32FN3O4.C28H32FN3O4.C26H25FN4O4.C26H30FN3O4/c1-19(2)25-16-26(22-10-12-23(32)13-11-22)33-27-17-28(39-29(25)27)31(37)34-14-15-35(20(3)18-34)30(36)21(4)38-24-8-6-5-7-9-24;1-17(2)21-14-22(19-7-9-20(29)10-8-19)30-23-15-25(36-26(21)23)27(33)31-11-12-32(18(3)16-31)28(34)24-6-4-5-13-35-24;1-15(2)19-12-20(17-4-6-18(27)7-5-17)29-21-13-23(34-24(19)21)25(32)30-10-11-31(16(3)14-30)26(33)22-8-9-28-35-22;1-15(2)19-12-20(17-6-8-18(27)9-7-17)28-21-13-22(34-23(19)21)24(31)29-10-11-30(16(3)14-29)25(32)26(4,5)33/h5-13,16-17,19-21H,14-15,18H2,1-4H3;7-10,14-15,17-18,24H,4-6,11-13,16H2,1-3H3;4-9,12-13,15-16H,10-11,14H2,1-3H3;6-9,12-13,15-16,33H,10-11,14H2,1-5H3/t20-,21?;18-,24?;2*16-/m0000/s1. The Bertz CT molecular complexity index is 7010. The fourth-order valence-electron chi connectivity index (χ4n) is 18.8. The van der Waals surface area contributed by atoms with Gasteiger partial charge in [-0.1, -0.05) is 78.7 Å². The van der Waals surface area contributed by atoms with Crippen molar-refractivity contribution in [2.24, 2.45) is 0 Å². The first kappa shape index (κ1) is 102. The van der Waals surface area contributed by atoms with Crippen LogP contribution < -0.4 is 4.74 Å². The fraction of sp³-hybridized carbons (Fsp3) is 0.378. The molecule has 5 aromatic carbocycles. The third-order valence-corrected chi connectivity index (χ3v) is 26.7. The third-order valence-electron chi connectivity index (χ3n) is 26.7. The van der Waals surface area contributed by atoms with E-state index in [1.165, 1.54) is 74.6 Å². The second-order valence-electron chi connectivity index (χ2n) is 39.2. The lowest BCUT2D eigenvalue weighted by Gasteiger charge is -2.41. The van der Waals surface area contributed by atoms with Gasteiger partial charge in [-0.15, -0.1) is 0 Å². The minimum atomic E-state index is -1.46. The summed E-state index contributed by atoms with van der Waals surface area (Å²) in [5.74, 6) is -0.723. The largest absolute Gasteiger partial charge is 0.481 e. The number of benzene rings is 5. The molecule has 0 bridgehead atoms. The summed E-state index contributed by atoms with van der Waals surface area (Å²) < 4.78 is 94.3. The van der Waals surface area contributed by atoms with Crippen molar-refractivity contribution in [2.75, 3.05) is 85.1 Å². The Balaban J connectivity index is 0.000000138. The van der Waals surface area contributed by atoms with Crippen LogP contribution in [0.1, 0.15) is 222 Å². The molecule has 14 heterocycles. The van der Waals surface area contributed by atoms with Crippen molar-refractivity contribution in [2.45, 2.75) is 189 Å². The van der Waals surface area contributed by atoms with Crippen LogP contribution in [0, 0.1) is 23.3 Å². The van der Waals surface area contributed by atoms with Gasteiger partial charge < -0.3 is 76.0 Å². The first-order valence-corrected chi connectivity index (χ1v) is 49.0. The maximum atomic E-state index is 13.5. The van der Waals surface area contributed by atoms with Crippen molar-refractivity contribution in [3.05, 3.63) is 263 Å². The highest BCUT2D eigenvalue weighted by atomic mass is 19.1. The maximum absolute atomic E-state index is 13.5. The molecule has 2 unspecified atom stereocenters. The first-order chi connectivity index (χ1) is 68.8. The van der Waals surface area contributed by atoms with E-state index in [9.17, 15) is 61.0 Å². The monoisotopic (exact) mass is 1970 g/mol. The maximum Gasteiger partial charge on any atom is 0.292 e. The van der Waals surface area contributed by atoms with Crippen molar-refractivity contribution in [1.29, 1.82) is 0 Å². The minimum absolute atomic E-state index is 0.0251. The predicted molar refractivity (Wildman–Crippen MR) is 535 cm³/mol. The van der Waals surface area contributed by atoms with Crippen LogP contribution in [0.5, 0.6) is 5.75 Å². The molecule has 1 N–H and O–H groups in total. The molecule has 29 nitrogen and oxygen atoms in total. The number of carbonyl (C=O) groups excluding carboxylic acids is 8. The number of aromatic nitrogens is 5. The molecule has 0 spiro atoms. The van der Waals surface area contributed by atoms with E-state index < -0.39 is 11.7 Å². The number of furan rings is 4. The zero-order valence-electron chi connectivity index (χ0n) is 83.4. The summed E-state index contributed by atoms with van der Waals surface area (Å²) in [4.78, 5) is 137. The van der Waals surface area contributed by atoms with Gasteiger partial charge in [0, 0.05) is 184 Å². The summed E-state index contributed by atoms with van der Waals surface area (Å²) in [5.41, 5.74) is 12.8. The summed E-state index contributed by atoms with van der Waals surface area (Å²) in [6.07, 6.45) is 3.19. The highest BCUT2D eigenvalue weighted by molar-refractivity contribution is 6.01. The van der Waals surface area contributed by atoms with Crippen LogP contribution in [-0.4, -0.2) is 244 Å². The molecule has 33 heteroatoms. The van der Waals surface area contributed by atoms with Gasteiger partial charge in [0.1, 0.15) is 62.8 Å². The number of ether oxygens (including phenoxy) is 2. The molecule has 5 fully saturated rings. The summed E-state index contributed by atoms with van der Waals surface area (Å²) >= 11 is 0. The zero-order valence-corrected chi connectivity index (χ0v) is 83.4. The van der Waals surface area contributed by atoms with E-state index in [0.717, 1.165) is 63.8 Å². The SMILES string of the molecule is CC(C)c1cc(-c2ccc(F)cc2)nc2cc(C(=O)N3CCN(C(=O)C(C)(C)O)[C@@H](C)C3)oc12.CC(C)c1cc(-c2ccc(F)cc2)nc2cc(C(=O)N3CCN(C(=O)C4CCCCO4)[C@@H](C)C3)oc12.CC(C)c1cc(-c2ccc(F)cc2)nc2cc(C(=O)N3CCN(C(=O)c4ccno4)[C@@H](C)C3)oc12.CC(Oc1ccccc1)C(=O)N1CCN(C(=O)c2cc3nc(-c4ccc(F)cc4)cc(C(C)C)c3o2)C[C@@H]1C. The van der Waals surface area contributed by atoms with Crippen molar-refractivity contribution in [3.63, 3.8) is 0 Å². The minimum Gasteiger partial charge on any atom is -0.481 e. The summed E-state index contributed by atoms with van der Waals surface area (Å²) in [7, 11) is 0. The molecule has 0 saturated carbocycles. The number of nitrogens with zero attached hydrogens (tertiary/aromatic N) is 13. The quantitative estimate of drug-likeness (QED) is 0.0780. The van der Waals surface area contributed by atoms with Crippen LogP contribution in [0.15, 0.2) is 210 Å². The summed E-state index contributed by atoms with van der Waals surface area (Å²) in [5, 5.41) is 13.7. The number of hydrogen-bond acceptors (Lipinski definition) is 21. The number of amides is 8. The number of rotatable bonds is 18. The van der Waals surface area contributed by atoms with Gasteiger partial charge in [0.15, 0.2) is 51.5 Å². The van der Waals surface area contributed by atoms with Crippen LogP contribution in [0.4, 0.5) is 17.6 Å². The Morgan fingerprint density at radius 2 is 0.701 bits per heavy atom. The average molecular weight is 1970 g/mol. The molecule has 5 saturated heterocycles. The number of para-hydroxylation sites is 1. The molecule has 5 aliphatic heterocycles. The predicted octanol–water partition coefficient (Wildman–Crippen LogP) is 19.8. The van der Waals surface area contributed by atoms with E-state index in [1.807, 2.05) is 129 Å². The van der Waals surface area contributed by atoms with E-state index in [0.29, 0.717) is 158 Å². The zero-order chi connectivity index (χ0) is 103. The second kappa shape index (κ2) is 43.6. The number of carbonyl (C=O) groups is 8. The third kappa shape index (κ3) is 22.8. The Morgan fingerprint density at radius 1 is 0.382 bits per heavy atom. The normalized spacial score (nSPS) is 17.7. The van der Waals surface area contributed by atoms with Gasteiger partial charge >= 0.3 is 0 Å². The number of hydrogen-bond donors (Lipinski definition) is 1. The van der Waals surface area contributed by atoms with Gasteiger partial charge in [0.2, 0.25) is 5.76 Å². The van der Waals surface area contributed by atoms with Crippen molar-refractivity contribution in [1.82, 2.24) is 64.3 Å². The molecular formula is C111H119F4N13O16. The topological polar surface area (TPSA) is 331 Å². The van der Waals surface area contributed by atoms with Gasteiger partial charge in [0.05, 0.1) is 29.0 Å². The van der Waals surface area contributed by atoms with E-state index in [2.05, 4.69) is 29.0 Å². The van der Waals surface area contributed by atoms with Crippen LogP contribution in [0.2, 0.25) is 0 Å². The highest BCUT2D eigenvalue weighted by Crippen LogP contribution is 2.40. The number of halogens is 4. The van der Waals surface area contributed by atoms with Gasteiger partial charge in [-0.2, -0.15) is 0 Å². The molecule has 144 heavy (non-hydrogen) atoms. The summed E-state index contributed by atoms with van der Waals surface area (Å²) in [6, 6.07) is 49.1. The Hall–Kier alpha value is -14.7. The van der Waals surface area contributed by atoms with Gasteiger partial charge in [-0.25, -0.2) is 37.5 Å². The molecule has 0 aliphatic carbocycles.